The molecule has 1 rings (SSSR count). The monoisotopic (exact) mass is 363 g/mol. The zero-order valence-corrected chi connectivity index (χ0v) is 12.3. The lowest BCUT2D eigenvalue weighted by atomic mass is 10.1. The summed E-state index contributed by atoms with van der Waals surface area (Å²) in [5.41, 5.74) is 1.55. The number of anilines is 1. The molecule has 0 aromatic heterocycles. The van der Waals surface area contributed by atoms with Crippen molar-refractivity contribution in [3.63, 3.8) is 0 Å². The number of nitrogens with one attached hydrogen (secondary N) is 1. The second kappa shape index (κ2) is 7.20. The van der Waals surface area contributed by atoms with E-state index in [1.165, 1.54) is 14.2 Å². The molecule has 18 heavy (non-hydrogen) atoms. The van der Waals surface area contributed by atoms with E-state index in [4.69, 9.17) is 0 Å². The molecule has 0 fully saturated rings. The van der Waals surface area contributed by atoms with Crippen LogP contribution in [0.25, 0.3) is 0 Å². The second-order valence-corrected chi connectivity index (χ2v) is 4.62. The van der Waals surface area contributed by atoms with Gasteiger partial charge in [0.25, 0.3) is 0 Å². The Morgan fingerprint density at radius 3 is 2.61 bits per heavy atom. The lowest BCUT2D eigenvalue weighted by Gasteiger charge is -2.11. The van der Waals surface area contributed by atoms with Gasteiger partial charge in [0.15, 0.2) is 0 Å². The van der Waals surface area contributed by atoms with Gasteiger partial charge in [-0.15, -0.1) is 0 Å². The molecule has 0 spiro atoms. The van der Waals surface area contributed by atoms with Gasteiger partial charge in [-0.1, -0.05) is 6.07 Å². The number of halogens is 1. The number of amides is 1. The topological polar surface area (TPSA) is 64.6 Å². The molecule has 1 amide bonds. The molecular weight excluding hydrogens is 349 g/mol. The number of hydrogen-bond acceptors (Lipinski definition) is 4. The maximum Gasteiger partial charge on any atom is 0.411 e. The first-order valence-corrected chi connectivity index (χ1v) is 6.35. The van der Waals surface area contributed by atoms with Gasteiger partial charge >= 0.3 is 12.1 Å². The number of esters is 1. The summed E-state index contributed by atoms with van der Waals surface area (Å²) < 4.78 is 10.1. The molecule has 1 aromatic carbocycles. The van der Waals surface area contributed by atoms with Crippen LogP contribution in [0.3, 0.4) is 0 Å². The maximum atomic E-state index is 11.2. The van der Waals surface area contributed by atoms with Crippen LogP contribution in [0.1, 0.15) is 12.0 Å². The Bertz CT molecular complexity index is 448. The summed E-state index contributed by atoms with van der Waals surface area (Å²) in [6.45, 7) is 0. The number of carbonyl (C=O) groups excluding carboxylic acids is 2. The third-order valence-electron chi connectivity index (χ3n) is 2.35. The van der Waals surface area contributed by atoms with Gasteiger partial charge < -0.3 is 9.47 Å². The molecule has 0 bridgehead atoms. The molecule has 0 aliphatic rings. The number of carbonyl (C=O) groups is 2. The molecule has 0 saturated heterocycles. The average molecular weight is 363 g/mol. The van der Waals surface area contributed by atoms with Gasteiger partial charge in [-0.05, 0) is 46.7 Å². The minimum atomic E-state index is -0.531. The van der Waals surface area contributed by atoms with Crippen molar-refractivity contribution in [2.24, 2.45) is 0 Å². The van der Waals surface area contributed by atoms with Crippen LogP contribution in [0.15, 0.2) is 18.2 Å². The van der Waals surface area contributed by atoms with E-state index in [1.54, 1.807) is 6.07 Å². The largest absolute Gasteiger partial charge is 0.469 e. The van der Waals surface area contributed by atoms with Crippen LogP contribution >= 0.6 is 22.6 Å². The Labute approximate surface area is 119 Å². The van der Waals surface area contributed by atoms with Crippen LogP contribution in [0.2, 0.25) is 0 Å². The molecule has 98 valence electrons. The van der Waals surface area contributed by atoms with E-state index in [9.17, 15) is 9.59 Å². The Kier molecular flexibility index (Phi) is 5.90. The molecule has 0 radical (unpaired) electrons. The fourth-order valence-electron chi connectivity index (χ4n) is 1.42. The number of benzene rings is 1. The number of ether oxygens (including phenoxy) is 2. The van der Waals surface area contributed by atoms with Crippen molar-refractivity contribution < 1.29 is 19.1 Å². The van der Waals surface area contributed by atoms with Crippen molar-refractivity contribution in [2.45, 2.75) is 12.8 Å². The van der Waals surface area contributed by atoms with E-state index in [0.717, 1.165) is 9.13 Å². The van der Waals surface area contributed by atoms with Crippen molar-refractivity contribution in [1.82, 2.24) is 0 Å². The van der Waals surface area contributed by atoms with Crippen molar-refractivity contribution in [3.05, 3.63) is 27.3 Å². The zero-order chi connectivity index (χ0) is 13.5. The second-order valence-electron chi connectivity index (χ2n) is 3.46. The lowest BCUT2D eigenvalue weighted by molar-refractivity contribution is -0.140. The highest BCUT2D eigenvalue weighted by Gasteiger charge is 2.11. The number of hydrogen-bond donors (Lipinski definition) is 1. The summed E-state index contributed by atoms with van der Waals surface area (Å²) in [7, 11) is 2.66. The Hall–Kier alpha value is -1.31. The van der Waals surface area contributed by atoms with Crippen LogP contribution in [-0.4, -0.2) is 26.3 Å². The molecule has 0 atom stereocenters. The van der Waals surface area contributed by atoms with Gasteiger partial charge in [0, 0.05) is 15.7 Å². The summed E-state index contributed by atoms with van der Waals surface area (Å²) in [6, 6.07) is 5.51. The highest BCUT2D eigenvalue weighted by Crippen LogP contribution is 2.23. The van der Waals surface area contributed by atoms with Gasteiger partial charge in [0.1, 0.15) is 0 Å². The Balaban J connectivity index is 2.86. The van der Waals surface area contributed by atoms with Crippen molar-refractivity contribution in [2.75, 3.05) is 19.5 Å². The van der Waals surface area contributed by atoms with Crippen LogP contribution in [0, 0.1) is 3.57 Å². The molecule has 0 aliphatic heterocycles. The molecule has 6 heteroatoms. The molecule has 5 nitrogen and oxygen atoms in total. The first kappa shape index (κ1) is 14.7. The zero-order valence-electron chi connectivity index (χ0n) is 10.2. The lowest BCUT2D eigenvalue weighted by Crippen LogP contribution is -2.13. The number of methoxy groups -OCH3 is 2. The van der Waals surface area contributed by atoms with Crippen LogP contribution in [-0.2, 0) is 20.7 Å². The summed E-state index contributed by atoms with van der Waals surface area (Å²) in [6.07, 6.45) is 0.244. The molecule has 1 N–H and O–H groups in total. The normalized spacial score (nSPS) is 9.72. The predicted octanol–water partition coefficient (Wildman–Crippen LogP) is 2.58. The quantitative estimate of drug-likeness (QED) is 0.660. The average Bonchev–Trinajstić information content (AvgIpc) is 2.37. The summed E-state index contributed by atoms with van der Waals surface area (Å²) in [4.78, 5) is 22.4. The summed E-state index contributed by atoms with van der Waals surface area (Å²) in [5, 5.41) is 2.62. The van der Waals surface area contributed by atoms with E-state index in [1.807, 2.05) is 12.1 Å². The van der Waals surface area contributed by atoms with E-state index in [2.05, 4.69) is 37.4 Å². The minimum absolute atomic E-state index is 0.270. The third-order valence-corrected chi connectivity index (χ3v) is 3.36. The standard InChI is InChI=1S/C12H14INO4/c1-17-11(15)7-6-8-9(13)4-3-5-10(8)14-12(16)18-2/h3-5H,6-7H2,1-2H3,(H,14,16). The molecule has 1 aromatic rings. The molecule has 0 heterocycles. The maximum absolute atomic E-state index is 11.2. The van der Waals surface area contributed by atoms with E-state index >= 15 is 0 Å². The van der Waals surface area contributed by atoms with Crippen LogP contribution < -0.4 is 5.32 Å². The van der Waals surface area contributed by atoms with Gasteiger partial charge in [-0.3, -0.25) is 10.1 Å². The van der Waals surface area contributed by atoms with E-state index < -0.39 is 6.09 Å². The first-order valence-electron chi connectivity index (χ1n) is 5.27. The highest BCUT2D eigenvalue weighted by molar-refractivity contribution is 14.1. The number of rotatable bonds is 4. The van der Waals surface area contributed by atoms with Gasteiger partial charge in [-0.25, -0.2) is 4.79 Å². The van der Waals surface area contributed by atoms with Gasteiger partial charge in [0.05, 0.1) is 14.2 Å². The summed E-state index contributed by atoms with van der Waals surface area (Å²) in [5.74, 6) is -0.279. The fraction of sp³-hybridized carbons (Fsp3) is 0.333. The molecule has 0 aliphatic carbocycles. The van der Waals surface area contributed by atoms with Crippen LogP contribution in [0.5, 0.6) is 0 Å². The van der Waals surface area contributed by atoms with Crippen molar-refractivity contribution >= 4 is 40.3 Å². The molecule has 0 unspecified atom stereocenters. The van der Waals surface area contributed by atoms with Crippen molar-refractivity contribution in [1.29, 1.82) is 0 Å². The van der Waals surface area contributed by atoms with Gasteiger partial charge in [-0.2, -0.15) is 0 Å². The molecule has 0 saturated carbocycles. The van der Waals surface area contributed by atoms with E-state index in [-0.39, 0.29) is 12.4 Å². The predicted molar refractivity (Wildman–Crippen MR) is 75.5 cm³/mol. The van der Waals surface area contributed by atoms with Crippen LogP contribution in [0.4, 0.5) is 10.5 Å². The first-order chi connectivity index (χ1) is 8.58. The third kappa shape index (κ3) is 4.17. The Morgan fingerprint density at radius 2 is 2.00 bits per heavy atom. The van der Waals surface area contributed by atoms with E-state index in [0.29, 0.717) is 12.1 Å². The SMILES string of the molecule is COC(=O)CCc1c(I)cccc1NC(=O)OC. The fourth-order valence-corrected chi connectivity index (χ4v) is 2.19. The summed E-state index contributed by atoms with van der Waals surface area (Å²) >= 11 is 2.16. The Morgan fingerprint density at radius 1 is 1.28 bits per heavy atom. The smallest absolute Gasteiger partial charge is 0.411 e. The minimum Gasteiger partial charge on any atom is -0.469 e. The van der Waals surface area contributed by atoms with Gasteiger partial charge in [0.2, 0.25) is 0 Å². The van der Waals surface area contributed by atoms with Crippen molar-refractivity contribution in [3.8, 4) is 0 Å². The molecular formula is C12H14INO4. The highest BCUT2D eigenvalue weighted by atomic mass is 127.